The smallest absolute Gasteiger partial charge is 0.299 e. The second kappa shape index (κ2) is 4.48. The van der Waals surface area contributed by atoms with E-state index in [0.717, 1.165) is 0 Å². The number of alkyl halides is 2. The van der Waals surface area contributed by atoms with Gasteiger partial charge < -0.3 is 10.4 Å². The number of hydrogen-bond donors (Lipinski definition) is 2. The summed E-state index contributed by atoms with van der Waals surface area (Å²) in [5, 5.41) is 11.7. The molecule has 78 valence electrons. The number of aliphatic hydroxyl groups is 1. The topological polar surface area (TPSA) is 32.3 Å². The van der Waals surface area contributed by atoms with Crippen LogP contribution in [0.2, 0.25) is 0 Å². The first-order valence-corrected chi connectivity index (χ1v) is 4.35. The van der Waals surface area contributed by atoms with Gasteiger partial charge in [-0.25, -0.2) is 0 Å². The van der Waals surface area contributed by atoms with Gasteiger partial charge in [0, 0.05) is 12.1 Å². The molecular formula is C10H13F2NO. The molecule has 2 N–H and O–H groups in total. The van der Waals surface area contributed by atoms with Gasteiger partial charge in [-0.2, -0.15) is 8.78 Å². The predicted molar refractivity (Wildman–Crippen MR) is 50.3 cm³/mol. The summed E-state index contributed by atoms with van der Waals surface area (Å²) in [7, 11) is 1.52. The minimum absolute atomic E-state index is 0.137. The second-order valence-electron chi connectivity index (χ2n) is 3.06. The molecule has 1 aromatic rings. The molecule has 0 amide bonds. The lowest BCUT2D eigenvalue weighted by molar-refractivity contribution is -0.112. The van der Waals surface area contributed by atoms with E-state index in [1.165, 1.54) is 31.3 Å². The van der Waals surface area contributed by atoms with Crippen molar-refractivity contribution in [2.24, 2.45) is 0 Å². The first-order chi connectivity index (χ1) is 6.59. The number of rotatable bonds is 4. The van der Waals surface area contributed by atoms with Gasteiger partial charge >= 0.3 is 0 Å². The molecule has 4 heteroatoms. The molecule has 0 aliphatic heterocycles. The molecule has 1 unspecified atom stereocenters. The fraction of sp³-hybridized carbons (Fsp3) is 0.400. The van der Waals surface area contributed by atoms with E-state index in [9.17, 15) is 13.9 Å². The molecule has 14 heavy (non-hydrogen) atoms. The molecule has 0 saturated carbocycles. The third kappa shape index (κ3) is 2.27. The van der Waals surface area contributed by atoms with Crippen LogP contribution in [0.4, 0.5) is 8.78 Å². The second-order valence-corrected chi connectivity index (χ2v) is 3.06. The van der Waals surface area contributed by atoms with Crippen molar-refractivity contribution in [3.05, 3.63) is 35.9 Å². The number of benzene rings is 1. The van der Waals surface area contributed by atoms with Crippen LogP contribution in [0.5, 0.6) is 0 Å². The van der Waals surface area contributed by atoms with Crippen LogP contribution in [0.1, 0.15) is 5.56 Å². The highest BCUT2D eigenvalue weighted by atomic mass is 19.3. The first-order valence-electron chi connectivity index (χ1n) is 4.35. The Morgan fingerprint density at radius 3 is 2.43 bits per heavy atom. The molecule has 0 bridgehead atoms. The fourth-order valence-corrected chi connectivity index (χ4v) is 1.17. The van der Waals surface area contributed by atoms with Crippen LogP contribution in [0.25, 0.3) is 0 Å². The van der Waals surface area contributed by atoms with Gasteiger partial charge in [0.1, 0.15) is 6.10 Å². The van der Waals surface area contributed by atoms with Crippen molar-refractivity contribution >= 4 is 0 Å². The zero-order valence-electron chi connectivity index (χ0n) is 7.87. The van der Waals surface area contributed by atoms with Gasteiger partial charge in [-0.05, 0) is 7.05 Å². The summed E-state index contributed by atoms with van der Waals surface area (Å²) in [6, 6.07) is 7.31. The van der Waals surface area contributed by atoms with Gasteiger partial charge in [-0.1, -0.05) is 30.3 Å². The van der Waals surface area contributed by atoms with Crippen LogP contribution >= 0.6 is 0 Å². The Hall–Kier alpha value is -1.00. The molecule has 0 saturated heterocycles. The number of halogens is 2. The van der Waals surface area contributed by atoms with Crippen molar-refractivity contribution < 1.29 is 13.9 Å². The molecule has 1 atom stereocenters. The van der Waals surface area contributed by atoms with Crippen LogP contribution < -0.4 is 5.32 Å². The average molecular weight is 201 g/mol. The standard InChI is InChI=1S/C10H13F2NO/c1-13-7-9(14)10(11,12)8-5-3-2-4-6-8/h2-6,9,13-14H,7H2,1H3. The fourth-order valence-electron chi connectivity index (χ4n) is 1.17. The number of likely N-dealkylation sites (N-methyl/N-ethyl adjacent to an activating group) is 1. The van der Waals surface area contributed by atoms with E-state index in [1.54, 1.807) is 6.07 Å². The average Bonchev–Trinajstić information content (AvgIpc) is 2.19. The molecule has 0 spiro atoms. The van der Waals surface area contributed by atoms with Crippen molar-refractivity contribution in [1.82, 2.24) is 5.32 Å². The number of aliphatic hydroxyl groups excluding tert-OH is 1. The van der Waals surface area contributed by atoms with Crippen LogP contribution in [0.3, 0.4) is 0 Å². The molecule has 0 fully saturated rings. The van der Waals surface area contributed by atoms with Crippen molar-refractivity contribution in [1.29, 1.82) is 0 Å². The monoisotopic (exact) mass is 201 g/mol. The molecule has 0 aliphatic carbocycles. The largest absolute Gasteiger partial charge is 0.385 e. The van der Waals surface area contributed by atoms with E-state index in [0.29, 0.717) is 0 Å². The maximum absolute atomic E-state index is 13.4. The quantitative estimate of drug-likeness (QED) is 0.770. The van der Waals surface area contributed by atoms with Crippen molar-refractivity contribution in [2.45, 2.75) is 12.0 Å². The van der Waals surface area contributed by atoms with Crippen LogP contribution in [0, 0.1) is 0 Å². The first kappa shape index (κ1) is 11.1. The van der Waals surface area contributed by atoms with Gasteiger partial charge in [0.15, 0.2) is 0 Å². The molecule has 2 nitrogen and oxygen atoms in total. The highest BCUT2D eigenvalue weighted by Crippen LogP contribution is 2.31. The van der Waals surface area contributed by atoms with E-state index in [1.807, 2.05) is 0 Å². The van der Waals surface area contributed by atoms with Gasteiger partial charge in [0.05, 0.1) is 0 Å². The SMILES string of the molecule is CNCC(O)C(F)(F)c1ccccc1. The molecule has 0 radical (unpaired) electrons. The van der Waals surface area contributed by atoms with Crippen molar-refractivity contribution in [2.75, 3.05) is 13.6 Å². The third-order valence-corrected chi connectivity index (χ3v) is 1.97. The van der Waals surface area contributed by atoms with Gasteiger partial charge in [0.2, 0.25) is 0 Å². The van der Waals surface area contributed by atoms with Gasteiger partial charge in [-0.3, -0.25) is 0 Å². The lowest BCUT2D eigenvalue weighted by Gasteiger charge is -2.22. The van der Waals surface area contributed by atoms with E-state index in [2.05, 4.69) is 5.32 Å². The molecule has 1 aromatic carbocycles. The third-order valence-electron chi connectivity index (χ3n) is 1.97. The maximum atomic E-state index is 13.4. The number of hydrogen-bond acceptors (Lipinski definition) is 2. The summed E-state index contributed by atoms with van der Waals surface area (Å²) >= 11 is 0. The summed E-state index contributed by atoms with van der Waals surface area (Å²) in [6.45, 7) is -0.137. The van der Waals surface area contributed by atoms with E-state index >= 15 is 0 Å². The van der Waals surface area contributed by atoms with Gasteiger partial charge in [-0.15, -0.1) is 0 Å². The Bertz CT molecular complexity index is 277. The maximum Gasteiger partial charge on any atom is 0.299 e. The van der Waals surface area contributed by atoms with E-state index in [-0.39, 0.29) is 12.1 Å². The van der Waals surface area contributed by atoms with E-state index < -0.39 is 12.0 Å². The minimum Gasteiger partial charge on any atom is -0.385 e. The van der Waals surface area contributed by atoms with Crippen molar-refractivity contribution in [3.63, 3.8) is 0 Å². The Morgan fingerprint density at radius 1 is 1.36 bits per heavy atom. The Kier molecular flexibility index (Phi) is 3.55. The van der Waals surface area contributed by atoms with Crippen molar-refractivity contribution in [3.8, 4) is 0 Å². The molecule has 0 aromatic heterocycles. The lowest BCUT2D eigenvalue weighted by atomic mass is 10.0. The highest BCUT2D eigenvalue weighted by molar-refractivity contribution is 5.21. The molecule has 1 rings (SSSR count). The summed E-state index contributed by atoms with van der Waals surface area (Å²) < 4.78 is 26.9. The van der Waals surface area contributed by atoms with Crippen LogP contribution in [0.15, 0.2) is 30.3 Å². The Morgan fingerprint density at radius 2 is 1.93 bits per heavy atom. The Balaban J connectivity index is 2.84. The molecular weight excluding hydrogens is 188 g/mol. The minimum atomic E-state index is -3.20. The molecule has 0 heterocycles. The predicted octanol–water partition coefficient (Wildman–Crippen LogP) is 1.36. The summed E-state index contributed by atoms with van der Waals surface area (Å²) in [5.74, 6) is -3.20. The van der Waals surface area contributed by atoms with E-state index in [4.69, 9.17) is 0 Å². The summed E-state index contributed by atoms with van der Waals surface area (Å²) in [5.41, 5.74) is -0.164. The summed E-state index contributed by atoms with van der Waals surface area (Å²) in [4.78, 5) is 0. The number of nitrogens with one attached hydrogen (secondary N) is 1. The Labute approximate surface area is 81.6 Å². The zero-order valence-corrected chi connectivity index (χ0v) is 7.87. The summed E-state index contributed by atoms with van der Waals surface area (Å²) in [6.07, 6.45) is -1.70. The lowest BCUT2D eigenvalue weighted by Crippen LogP contribution is -2.38. The van der Waals surface area contributed by atoms with Crippen LogP contribution in [-0.4, -0.2) is 24.8 Å². The normalized spacial score (nSPS) is 14.0. The van der Waals surface area contributed by atoms with Crippen LogP contribution in [-0.2, 0) is 5.92 Å². The highest BCUT2D eigenvalue weighted by Gasteiger charge is 2.39. The van der Waals surface area contributed by atoms with Gasteiger partial charge in [0.25, 0.3) is 5.92 Å². The zero-order chi connectivity index (χ0) is 10.6. The molecule has 0 aliphatic rings.